The standard InChI is InChI=1S/C11H19N5O3S/c1-3-5-13-7(8(12)17)4-6-20-11-14-9(18)10(19)15-16(11)2/h7,13H,3-6H2,1-2H3,(H2,12,17)(H,15,19). The summed E-state index contributed by atoms with van der Waals surface area (Å²) in [5.74, 6) is 0.152. The Labute approximate surface area is 120 Å². The molecule has 112 valence electrons. The highest BCUT2D eigenvalue weighted by Crippen LogP contribution is 2.13. The van der Waals surface area contributed by atoms with Gasteiger partial charge in [0.1, 0.15) is 0 Å². The monoisotopic (exact) mass is 301 g/mol. The number of rotatable bonds is 8. The van der Waals surface area contributed by atoms with Gasteiger partial charge in [0.25, 0.3) is 0 Å². The fraction of sp³-hybridized carbons (Fsp3) is 0.636. The van der Waals surface area contributed by atoms with E-state index in [0.29, 0.717) is 23.9 Å². The number of hydrogen-bond acceptors (Lipinski definition) is 6. The van der Waals surface area contributed by atoms with E-state index >= 15 is 0 Å². The third kappa shape index (κ3) is 4.82. The highest BCUT2D eigenvalue weighted by atomic mass is 32.2. The lowest BCUT2D eigenvalue weighted by atomic mass is 10.2. The predicted octanol–water partition coefficient (Wildman–Crippen LogP) is -1.20. The molecule has 0 radical (unpaired) electrons. The average molecular weight is 301 g/mol. The van der Waals surface area contributed by atoms with Crippen LogP contribution in [-0.4, -0.2) is 39.0 Å². The van der Waals surface area contributed by atoms with Crippen molar-refractivity contribution >= 4 is 17.7 Å². The molecule has 9 heteroatoms. The molecular formula is C11H19N5O3S. The molecule has 0 saturated heterocycles. The Hall–Kier alpha value is -1.61. The largest absolute Gasteiger partial charge is 0.368 e. The van der Waals surface area contributed by atoms with E-state index in [2.05, 4.69) is 15.4 Å². The van der Waals surface area contributed by atoms with Crippen LogP contribution in [0, 0.1) is 0 Å². The molecule has 8 nitrogen and oxygen atoms in total. The molecule has 1 aromatic rings. The van der Waals surface area contributed by atoms with E-state index in [1.54, 1.807) is 7.05 Å². The Morgan fingerprint density at radius 2 is 2.25 bits per heavy atom. The zero-order chi connectivity index (χ0) is 15.1. The number of hydrogen-bond donors (Lipinski definition) is 3. The number of carbonyl (C=O) groups is 1. The average Bonchev–Trinajstić information content (AvgIpc) is 2.38. The maximum Gasteiger partial charge on any atom is 0.339 e. The number of aryl methyl sites for hydroxylation is 1. The molecule has 1 unspecified atom stereocenters. The molecule has 0 aliphatic heterocycles. The normalized spacial score (nSPS) is 12.3. The van der Waals surface area contributed by atoms with Crippen molar-refractivity contribution in [2.75, 3.05) is 12.3 Å². The smallest absolute Gasteiger partial charge is 0.339 e. The first-order chi connectivity index (χ1) is 9.45. The molecule has 20 heavy (non-hydrogen) atoms. The first-order valence-electron chi connectivity index (χ1n) is 6.28. The minimum Gasteiger partial charge on any atom is -0.368 e. The summed E-state index contributed by atoms with van der Waals surface area (Å²) in [7, 11) is 1.59. The second-order valence-electron chi connectivity index (χ2n) is 4.25. The predicted molar refractivity (Wildman–Crippen MR) is 76.7 cm³/mol. The van der Waals surface area contributed by atoms with Crippen molar-refractivity contribution in [2.24, 2.45) is 12.8 Å². The Kier molecular flexibility index (Phi) is 6.46. The first-order valence-corrected chi connectivity index (χ1v) is 7.27. The molecule has 0 fully saturated rings. The van der Waals surface area contributed by atoms with E-state index in [1.807, 2.05) is 6.92 Å². The van der Waals surface area contributed by atoms with Gasteiger partial charge >= 0.3 is 11.1 Å². The zero-order valence-electron chi connectivity index (χ0n) is 11.5. The summed E-state index contributed by atoms with van der Waals surface area (Å²) < 4.78 is 1.38. The van der Waals surface area contributed by atoms with Gasteiger partial charge in [-0.05, 0) is 19.4 Å². The van der Waals surface area contributed by atoms with E-state index < -0.39 is 23.1 Å². The molecule has 0 bridgehead atoms. The van der Waals surface area contributed by atoms with Gasteiger partial charge in [0.15, 0.2) is 5.16 Å². The Morgan fingerprint density at radius 3 is 2.85 bits per heavy atom. The molecule has 1 aromatic heterocycles. The van der Waals surface area contributed by atoms with Crippen LogP contribution in [0.4, 0.5) is 0 Å². The topological polar surface area (TPSA) is 123 Å². The summed E-state index contributed by atoms with van der Waals surface area (Å²) in [6, 6.07) is -0.401. The molecule has 1 atom stereocenters. The molecule has 0 aliphatic rings. The summed E-state index contributed by atoms with van der Waals surface area (Å²) in [6.07, 6.45) is 1.43. The number of primary amides is 1. The van der Waals surface area contributed by atoms with Gasteiger partial charge < -0.3 is 11.1 Å². The van der Waals surface area contributed by atoms with Crippen molar-refractivity contribution < 1.29 is 4.79 Å². The van der Waals surface area contributed by atoms with Crippen LogP contribution in [0.3, 0.4) is 0 Å². The van der Waals surface area contributed by atoms with Crippen LogP contribution < -0.4 is 22.2 Å². The fourth-order valence-corrected chi connectivity index (χ4v) is 2.44. The summed E-state index contributed by atoms with van der Waals surface area (Å²) in [6.45, 7) is 2.72. The quantitative estimate of drug-likeness (QED) is 0.409. The Morgan fingerprint density at radius 1 is 1.55 bits per heavy atom. The lowest BCUT2D eigenvalue weighted by molar-refractivity contribution is -0.120. The van der Waals surface area contributed by atoms with Crippen molar-refractivity contribution in [1.82, 2.24) is 20.1 Å². The summed E-state index contributed by atoms with van der Waals surface area (Å²) in [5, 5.41) is 5.81. The van der Waals surface area contributed by atoms with Gasteiger partial charge in [-0.2, -0.15) is 4.98 Å². The van der Waals surface area contributed by atoms with E-state index in [4.69, 9.17) is 5.73 Å². The van der Waals surface area contributed by atoms with Gasteiger partial charge in [0, 0.05) is 12.8 Å². The molecule has 0 spiro atoms. The molecule has 0 aromatic carbocycles. The highest BCUT2D eigenvalue weighted by Gasteiger charge is 2.14. The van der Waals surface area contributed by atoms with Crippen LogP contribution in [0.1, 0.15) is 19.8 Å². The summed E-state index contributed by atoms with van der Waals surface area (Å²) >= 11 is 1.28. The number of nitrogens with two attached hydrogens (primary N) is 1. The molecule has 0 saturated carbocycles. The number of aromatic nitrogens is 3. The second-order valence-corrected chi connectivity index (χ2v) is 5.31. The maximum atomic E-state index is 11.2. The van der Waals surface area contributed by atoms with Crippen molar-refractivity contribution in [1.29, 1.82) is 0 Å². The zero-order valence-corrected chi connectivity index (χ0v) is 12.3. The van der Waals surface area contributed by atoms with Gasteiger partial charge in [0.05, 0.1) is 6.04 Å². The van der Waals surface area contributed by atoms with Crippen molar-refractivity contribution in [2.45, 2.75) is 31.0 Å². The van der Waals surface area contributed by atoms with E-state index in [1.165, 1.54) is 16.4 Å². The Balaban J connectivity index is 2.58. The first kappa shape index (κ1) is 16.4. The Bertz CT molecular complexity index is 568. The minimum absolute atomic E-state index is 0.397. The fourth-order valence-electron chi connectivity index (χ4n) is 1.52. The highest BCUT2D eigenvalue weighted by molar-refractivity contribution is 7.99. The molecule has 1 heterocycles. The maximum absolute atomic E-state index is 11.2. The van der Waals surface area contributed by atoms with Crippen LogP contribution in [-0.2, 0) is 11.8 Å². The number of amides is 1. The molecule has 1 rings (SSSR count). The van der Waals surface area contributed by atoms with Crippen LogP contribution in [0.2, 0.25) is 0 Å². The number of carbonyl (C=O) groups excluding carboxylic acids is 1. The molecule has 0 aliphatic carbocycles. The third-order valence-electron chi connectivity index (χ3n) is 2.57. The lowest BCUT2D eigenvalue weighted by Crippen LogP contribution is -2.42. The van der Waals surface area contributed by atoms with Gasteiger partial charge in [-0.15, -0.1) is 0 Å². The van der Waals surface area contributed by atoms with Gasteiger partial charge in [-0.1, -0.05) is 18.7 Å². The number of nitrogens with one attached hydrogen (secondary N) is 2. The van der Waals surface area contributed by atoms with E-state index in [9.17, 15) is 14.4 Å². The van der Waals surface area contributed by atoms with Crippen molar-refractivity contribution in [3.8, 4) is 0 Å². The molecule has 1 amide bonds. The van der Waals surface area contributed by atoms with E-state index in [-0.39, 0.29) is 0 Å². The number of nitrogens with zero attached hydrogens (tertiary/aromatic N) is 2. The summed E-state index contributed by atoms with van der Waals surface area (Å²) in [4.78, 5) is 37.1. The molecular weight excluding hydrogens is 282 g/mol. The van der Waals surface area contributed by atoms with E-state index in [0.717, 1.165) is 6.42 Å². The van der Waals surface area contributed by atoms with Gasteiger partial charge in [-0.3, -0.25) is 24.2 Å². The lowest BCUT2D eigenvalue weighted by Gasteiger charge is -2.14. The van der Waals surface area contributed by atoms with Crippen molar-refractivity contribution in [3.05, 3.63) is 20.7 Å². The second kappa shape index (κ2) is 7.85. The van der Waals surface area contributed by atoms with Crippen LogP contribution in [0.15, 0.2) is 14.7 Å². The summed E-state index contributed by atoms with van der Waals surface area (Å²) in [5.41, 5.74) is 3.73. The minimum atomic E-state index is -0.818. The van der Waals surface area contributed by atoms with Crippen molar-refractivity contribution in [3.63, 3.8) is 0 Å². The third-order valence-corrected chi connectivity index (χ3v) is 3.63. The van der Waals surface area contributed by atoms with Gasteiger partial charge in [0.2, 0.25) is 5.91 Å². The number of thioether (sulfide) groups is 1. The van der Waals surface area contributed by atoms with Gasteiger partial charge in [-0.25, -0.2) is 0 Å². The number of aromatic amines is 1. The van der Waals surface area contributed by atoms with Crippen LogP contribution in [0.5, 0.6) is 0 Å². The molecule has 4 N–H and O–H groups in total. The van der Waals surface area contributed by atoms with Crippen LogP contribution in [0.25, 0.3) is 0 Å². The van der Waals surface area contributed by atoms with Crippen LogP contribution >= 0.6 is 11.8 Å². The number of H-pyrrole nitrogens is 1. The SMILES string of the molecule is CCCNC(CCSc1nc(=O)c(=O)[nH]n1C)C(N)=O.